The molecule has 1 aliphatic rings. The molecule has 1 aromatic rings. The van der Waals surface area contributed by atoms with Crippen molar-refractivity contribution < 1.29 is 0 Å². The van der Waals surface area contributed by atoms with E-state index in [1.807, 2.05) is 36.7 Å². The summed E-state index contributed by atoms with van der Waals surface area (Å²) in [7, 11) is -0.297. The molecule has 22 heavy (non-hydrogen) atoms. The predicted octanol–water partition coefficient (Wildman–Crippen LogP) is 6.10. The fourth-order valence-electron chi connectivity index (χ4n) is 2.76. The first-order valence-electron chi connectivity index (χ1n) is 8.13. The second-order valence-corrected chi connectivity index (χ2v) is 9.36. The highest BCUT2D eigenvalue weighted by molar-refractivity contribution is 7.57. The summed E-state index contributed by atoms with van der Waals surface area (Å²) in [6.07, 6.45) is 11.2. The minimum Gasteiger partial charge on any atom is -0.311 e. The Hall–Kier alpha value is -1.40. The van der Waals surface area contributed by atoms with Gasteiger partial charge >= 0.3 is 0 Å². The van der Waals surface area contributed by atoms with E-state index in [2.05, 4.69) is 50.6 Å². The van der Waals surface area contributed by atoms with E-state index in [4.69, 9.17) is 4.99 Å². The summed E-state index contributed by atoms with van der Waals surface area (Å²) >= 11 is 0. The van der Waals surface area contributed by atoms with Crippen LogP contribution in [0.4, 0.5) is 5.69 Å². The highest BCUT2D eigenvalue weighted by atomic mass is 31.1. The summed E-state index contributed by atoms with van der Waals surface area (Å²) in [5.41, 5.74) is 3.58. The van der Waals surface area contributed by atoms with E-state index in [0.29, 0.717) is 11.3 Å². The van der Waals surface area contributed by atoms with Crippen molar-refractivity contribution in [3.05, 3.63) is 54.3 Å². The monoisotopic (exact) mass is 314 g/mol. The Morgan fingerprint density at radius 3 is 2.27 bits per heavy atom. The Kier molecular flexibility index (Phi) is 6.39. The summed E-state index contributed by atoms with van der Waals surface area (Å²) in [5, 5.41) is 0. The van der Waals surface area contributed by atoms with E-state index in [1.165, 1.54) is 5.70 Å². The van der Waals surface area contributed by atoms with Crippen LogP contribution in [-0.2, 0) is 0 Å². The van der Waals surface area contributed by atoms with Crippen LogP contribution in [0, 0.1) is 0 Å². The maximum atomic E-state index is 4.71. The minimum atomic E-state index is -0.297. The summed E-state index contributed by atoms with van der Waals surface area (Å²) in [4.78, 5) is 4.71. The van der Waals surface area contributed by atoms with Gasteiger partial charge in [-0.05, 0) is 42.4 Å². The van der Waals surface area contributed by atoms with E-state index in [-0.39, 0.29) is 8.07 Å². The largest absolute Gasteiger partial charge is 0.311 e. The summed E-state index contributed by atoms with van der Waals surface area (Å²) in [6.45, 7) is 9.29. The summed E-state index contributed by atoms with van der Waals surface area (Å²) in [6, 6.07) is 10.2. The molecular weight excluding hydrogens is 287 g/mol. The van der Waals surface area contributed by atoms with E-state index in [9.17, 15) is 0 Å². The fraction of sp³-hybridized carbons (Fsp3) is 0.421. The normalized spacial score (nSPS) is 15.1. The van der Waals surface area contributed by atoms with Crippen molar-refractivity contribution in [1.82, 2.24) is 4.67 Å². The van der Waals surface area contributed by atoms with Crippen LogP contribution in [0.2, 0.25) is 0 Å². The number of benzene rings is 1. The van der Waals surface area contributed by atoms with E-state index < -0.39 is 0 Å². The van der Waals surface area contributed by atoms with Gasteiger partial charge in [-0.1, -0.05) is 58.0 Å². The molecule has 0 atom stereocenters. The van der Waals surface area contributed by atoms with Gasteiger partial charge in [-0.2, -0.15) is 0 Å². The first-order valence-corrected chi connectivity index (χ1v) is 9.56. The van der Waals surface area contributed by atoms with Crippen molar-refractivity contribution >= 4 is 20.1 Å². The third kappa shape index (κ3) is 4.55. The lowest BCUT2D eigenvalue weighted by atomic mass is 10.1. The van der Waals surface area contributed by atoms with Crippen molar-refractivity contribution in [1.29, 1.82) is 0 Å². The third-order valence-corrected chi connectivity index (χ3v) is 6.57. The lowest BCUT2D eigenvalue weighted by Crippen LogP contribution is -2.23. The highest BCUT2D eigenvalue weighted by Gasteiger charge is 2.25. The SMILES string of the molecule is CC(C)P(C(C)C)N(C=Nc1ccccc1)C1=CCCC=C1. The standard InChI is InChI=1S/C19H27N2P/c1-16(2)22(17(3)4)21(19-13-9-6-10-14-19)15-20-18-11-7-5-8-12-18/h5,7-9,11-17H,6,10H2,1-4H3. The van der Waals surface area contributed by atoms with Gasteiger partial charge in [0, 0.05) is 13.8 Å². The molecule has 0 unspecified atom stereocenters. The molecule has 0 heterocycles. The first kappa shape index (κ1) is 17.0. The van der Waals surface area contributed by atoms with Crippen LogP contribution in [0.5, 0.6) is 0 Å². The molecule has 0 amide bonds. The van der Waals surface area contributed by atoms with Gasteiger partial charge in [-0.3, -0.25) is 0 Å². The molecule has 0 N–H and O–H groups in total. The Labute approximate surface area is 136 Å². The van der Waals surface area contributed by atoms with E-state index >= 15 is 0 Å². The molecule has 0 radical (unpaired) electrons. The quantitative estimate of drug-likeness (QED) is 0.352. The molecular formula is C19H27N2P. The van der Waals surface area contributed by atoms with Crippen LogP contribution >= 0.6 is 8.07 Å². The minimum absolute atomic E-state index is 0.297. The van der Waals surface area contributed by atoms with Gasteiger partial charge < -0.3 is 4.67 Å². The number of allylic oxidation sites excluding steroid dienone is 3. The van der Waals surface area contributed by atoms with E-state index in [1.54, 1.807) is 0 Å². The second-order valence-electron chi connectivity index (χ2n) is 6.10. The van der Waals surface area contributed by atoms with Crippen LogP contribution in [-0.4, -0.2) is 22.3 Å². The number of nitrogens with zero attached hydrogens (tertiary/aromatic N) is 2. The van der Waals surface area contributed by atoms with Crippen LogP contribution < -0.4 is 0 Å². The maximum Gasteiger partial charge on any atom is 0.0990 e. The lowest BCUT2D eigenvalue weighted by molar-refractivity contribution is 0.787. The van der Waals surface area contributed by atoms with Gasteiger partial charge in [0.25, 0.3) is 0 Å². The van der Waals surface area contributed by atoms with Crippen molar-refractivity contribution in [3.63, 3.8) is 0 Å². The van der Waals surface area contributed by atoms with Crippen molar-refractivity contribution in [2.75, 3.05) is 0 Å². The highest BCUT2D eigenvalue weighted by Crippen LogP contribution is 2.51. The second kappa shape index (κ2) is 8.29. The van der Waals surface area contributed by atoms with Gasteiger partial charge in [0.05, 0.1) is 12.0 Å². The van der Waals surface area contributed by atoms with Crippen LogP contribution in [0.25, 0.3) is 0 Å². The number of para-hydroxylation sites is 1. The zero-order valence-electron chi connectivity index (χ0n) is 14.1. The molecule has 0 aromatic heterocycles. The summed E-state index contributed by atoms with van der Waals surface area (Å²) < 4.78 is 2.42. The molecule has 0 saturated carbocycles. The Morgan fingerprint density at radius 1 is 1.05 bits per heavy atom. The zero-order valence-corrected chi connectivity index (χ0v) is 15.0. The smallest absolute Gasteiger partial charge is 0.0990 e. The molecule has 0 spiro atoms. The van der Waals surface area contributed by atoms with Crippen LogP contribution in [0.15, 0.2) is 59.2 Å². The predicted molar refractivity (Wildman–Crippen MR) is 100 cm³/mol. The van der Waals surface area contributed by atoms with Crippen molar-refractivity contribution in [3.8, 4) is 0 Å². The van der Waals surface area contributed by atoms with Gasteiger partial charge in [0.15, 0.2) is 0 Å². The number of rotatable bonds is 6. The molecule has 2 nitrogen and oxygen atoms in total. The topological polar surface area (TPSA) is 15.6 Å². The summed E-state index contributed by atoms with van der Waals surface area (Å²) in [5.74, 6) is 0. The Morgan fingerprint density at radius 2 is 1.73 bits per heavy atom. The van der Waals surface area contributed by atoms with Crippen molar-refractivity contribution in [2.45, 2.75) is 51.9 Å². The first-order chi connectivity index (χ1) is 10.6. The Bertz CT molecular complexity index is 536. The van der Waals surface area contributed by atoms with Gasteiger partial charge in [-0.15, -0.1) is 0 Å². The molecule has 0 bridgehead atoms. The van der Waals surface area contributed by atoms with Crippen LogP contribution in [0.1, 0.15) is 40.5 Å². The molecule has 2 rings (SSSR count). The molecule has 0 saturated heterocycles. The molecule has 0 aliphatic heterocycles. The number of hydrogen-bond donors (Lipinski definition) is 0. The molecule has 118 valence electrons. The molecule has 1 aliphatic carbocycles. The average molecular weight is 314 g/mol. The molecule has 0 fully saturated rings. The maximum absolute atomic E-state index is 4.71. The lowest BCUT2D eigenvalue weighted by Gasteiger charge is -2.37. The van der Waals surface area contributed by atoms with Gasteiger partial charge in [0.2, 0.25) is 0 Å². The van der Waals surface area contributed by atoms with Crippen LogP contribution in [0.3, 0.4) is 0 Å². The fourth-order valence-corrected chi connectivity index (χ4v) is 5.53. The van der Waals surface area contributed by atoms with Gasteiger partial charge in [-0.25, -0.2) is 4.99 Å². The van der Waals surface area contributed by atoms with Crippen molar-refractivity contribution in [2.24, 2.45) is 4.99 Å². The number of hydrogen-bond acceptors (Lipinski definition) is 1. The third-order valence-electron chi connectivity index (χ3n) is 3.62. The molecule has 3 heteroatoms. The zero-order chi connectivity index (χ0) is 15.9. The Balaban J connectivity index is 2.30. The van der Waals surface area contributed by atoms with Gasteiger partial charge in [0.1, 0.15) is 0 Å². The number of aliphatic imine (C=N–C) groups is 1. The molecule has 1 aromatic carbocycles. The average Bonchev–Trinajstić information content (AvgIpc) is 2.52. The van der Waals surface area contributed by atoms with E-state index in [0.717, 1.165) is 18.5 Å².